The van der Waals surface area contributed by atoms with E-state index in [4.69, 9.17) is 14.8 Å². The maximum absolute atomic E-state index is 14.6. The molecule has 7 nitrogen and oxygen atoms in total. The van der Waals surface area contributed by atoms with Gasteiger partial charge < -0.3 is 9.64 Å². The highest BCUT2D eigenvalue weighted by molar-refractivity contribution is 5.45. The summed E-state index contributed by atoms with van der Waals surface area (Å²) in [5.41, 5.74) is 2.39. The van der Waals surface area contributed by atoms with Crippen molar-refractivity contribution in [2.24, 2.45) is 17.8 Å². The number of ether oxygens (including phenoxy) is 1. The summed E-state index contributed by atoms with van der Waals surface area (Å²) in [5.74, 6) is 1.88. The topological polar surface area (TPSA) is 69.0 Å². The number of hydrogen-bond donors (Lipinski definition) is 0. The fraction of sp³-hybridized carbons (Fsp3) is 0.520. The third kappa shape index (κ3) is 3.96. The van der Waals surface area contributed by atoms with Crippen LogP contribution >= 0.6 is 0 Å². The lowest BCUT2D eigenvalue weighted by Gasteiger charge is -2.39. The van der Waals surface area contributed by atoms with E-state index in [0.29, 0.717) is 42.3 Å². The van der Waals surface area contributed by atoms with Crippen LogP contribution in [0.1, 0.15) is 48.3 Å². The largest absolute Gasteiger partial charge is 0.370 e. The first-order chi connectivity index (χ1) is 16.5. The van der Waals surface area contributed by atoms with Crippen molar-refractivity contribution in [1.29, 1.82) is 0 Å². The highest BCUT2D eigenvalue weighted by Crippen LogP contribution is 2.44. The molecular formula is C25H28F2N6O. The molecule has 3 aromatic rings. The van der Waals surface area contributed by atoms with Gasteiger partial charge in [0.2, 0.25) is 0 Å². The van der Waals surface area contributed by atoms with Crippen LogP contribution in [0.15, 0.2) is 30.5 Å². The van der Waals surface area contributed by atoms with Crippen LogP contribution in [-0.4, -0.2) is 44.7 Å². The number of fused-ring (bicyclic) bond motifs is 3. The summed E-state index contributed by atoms with van der Waals surface area (Å²) >= 11 is 0. The predicted molar refractivity (Wildman–Crippen MR) is 121 cm³/mol. The van der Waals surface area contributed by atoms with Gasteiger partial charge in [-0.25, -0.2) is 18.4 Å². The van der Waals surface area contributed by atoms with E-state index in [0.717, 1.165) is 49.2 Å². The van der Waals surface area contributed by atoms with Gasteiger partial charge in [-0.2, -0.15) is 15.3 Å². The second kappa shape index (κ2) is 8.69. The molecule has 6 rings (SSSR count). The molecule has 2 aromatic heterocycles. The zero-order valence-corrected chi connectivity index (χ0v) is 19.2. The molecule has 4 heterocycles. The molecule has 34 heavy (non-hydrogen) atoms. The molecule has 2 aliphatic heterocycles. The quantitative estimate of drug-likeness (QED) is 0.582. The summed E-state index contributed by atoms with van der Waals surface area (Å²) in [4.78, 5) is 7.29. The van der Waals surface area contributed by atoms with Crippen LogP contribution in [0, 0.1) is 36.3 Å². The van der Waals surface area contributed by atoms with E-state index in [9.17, 15) is 8.78 Å². The minimum absolute atomic E-state index is 0.304. The molecular weight excluding hydrogens is 438 g/mol. The first-order valence-electron chi connectivity index (χ1n) is 12.1. The van der Waals surface area contributed by atoms with Gasteiger partial charge in [0.15, 0.2) is 11.6 Å². The van der Waals surface area contributed by atoms with Crippen molar-refractivity contribution < 1.29 is 13.5 Å². The number of aromatic nitrogens is 5. The van der Waals surface area contributed by atoms with Crippen molar-refractivity contribution in [1.82, 2.24) is 25.0 Å². The van der Waals surface area contributed by atoms with E-state index in [2.05, 4.69) is 21.2 Å². The van der Waals surface area contributed by atoms with Crippen molar-refractivity contribution in [2.45, 2.75) is 45.3 Å². The van der Waals surface area contributed by atoms with Crippen LogP contribution < -0.4 is 4.90 Å². The van der Waals surface area contributed by atoms with Gasteiger partial charge in [-0.1, -0.05) is 6.07 Å². The van der Waals surface area contributed by atoms with Gasteiger partial charge in [0, 0.05) is 44.3 Å². The van der Waals surface area contributed by atoms with E-state index in [1.165, 1.54) is 25.0 Å². The molecule has 4 atom stereocenters. The summed E-state index contributed by atoms with van der Waals surface area (Å²) in [5, 5.41) is 13.0. The summed E-state index contributed by atoms with van der Waals surface area (Å²) in [7, 11) is 0. The summed E-state index contributed by atoms with van der Waals surface area (Å²) in [6, 6.07) is 5.72. The molecule has 0 N–H and O–H groups in total. The third-order valence-corrected chi connectivity index (χ3v) is 7.60. The fourth-order valence-corrected chi connectivity index (χ4v) is 6.00. The summed E-state index contributed by atoms with van der Waals surface area (Å²) in [6.07, 6.45) is 5.20. The van der Waals surface area contributed by atoms with Crippen LogP contribution in [0.25, 0.3) is 0 Å². The third-order valence-electron chi connectivity index (χ3n) is 7.60. The standard InChI is InChI=1S/C25H28F2N6O/c1-15-9-19(12-28-30-15)32-13-16-3-4-17(14-32)21(16)11-23-29-25-24(34-8-2-7-33(25)31-23)20-6-5-18(26)10-22(20)27/h5-6,9-10,12,16-17,21,24H,2-4,7-8,11,13-14H2,1H3/t16-,17+,21?,24-/m0/s1. The molecule has 1 unspecified atom stereocenters. The Balaban J connectivity index is 1.23. The van der Waals surface area contributed by atoms with Crippen LogP contribution in [0.3, 0.4) is 0 Å². The lowest BCUT2D eigenvalue weighted by atomic mass is 9.82. The Morgan fingerprint density at radius 2 is 1.94 bits per heavy atom. The van der Waals surface area contributed by atoms with E-state index in [1.807, 2.05) is 17.8 Å². The average molecular weight is 467 g/mol. The number of halogens is 2. The van der Waals surface area contributed by atoms with Gasteiger partial charge in [0.1, 0.15) is 17.7 Å². The summed E-state index contributed by atoms with van der Waals surface area (Å²) in [6.45, 7) is 5.15. The molecule has 1 aromatic carbocycles. The molecule has 2 bridgehead atoms. The molecule has 1 aliphatic carbocycles. The van der Waals surface area contributed by atoms with Crippen LogP contribution in [0.2, 0.25) is 0 Å². The van der Waals surface area contributed by atoms with E-state index in [1.54, 1.807) is 0 Å². The normalized spacial score (nSPS) is 26.4. The zero-order valence-electron chi connectivity index (χ0n) is 19.2. The number of nitrogens with zero attached hydrogens (tertiary/aromatic N) is 6. The molecule has 1 saturated heterocycles. The second-order valence-electron chi connectivity index (χ2n) is 9.81. The highest BCUT2D eigenvalue weighted by Gasteiger charge is 2.43. The smallest absolute Gasteiger partial charge is 0.161 e. The van der Waals surface area contributed by atoms with Crippen molar-refractivity contribution in [3.05, 3.63) is 65.0 Å². The van der Waals surface area contributed by atoms with Crippen molar-refractivity contribution in [3.63, 3.8) is 0 Å². The Kier molecular flexibility index (Phi) is 5.51. The number of benzene rings is 1. The molecule has 0 spiro atoms. The number of anilines is 1. The Morgan fingerprint density at radius 1 is 1.12 bits per heavy atom. The van der Waals surface area contributed by atoms with Gasteiger partial charge in [0.05, 0.1) is 17.6 Å². The minimum Gasteiger partial charge on any atom is -0.370 e. The maximum atomic E-state index is 14.6. The Hall–Kier alpha value is -2.94. The lowest BCUT2D eigenvalue weighted by Crippen LogP contribution is -2.43. The van der Waals surface area contributed by atoms with Gasteiger partial charge in [-0.3, -0.25) is 0 Å². The van der Waals surface area contributed by atoms with Gasteiger partial charge in [-0.15, -0.1) is 0 Å². The molecule has 3 aliphatic rings. The van der Waals surface area contributed by atoms with Crippen LogP contribution in [0.5, 0.6) is 0 Å². The average Bonchev–Trinajstić information content (AvgIpc) is 3.22. The van der Waals surface area contributed by atoms with Crippen molar-refractivity contribution >= 4 is 5.69 Å². The van der Waals surface area contributed by atoms with E-state index in [-0.39, 0.29) is 0 Å². The monoisotopic (exact) mass is 466 g/mol. The van der Waals surface area contributed by atoms with Gasteiger partial charge in [-0.05, 0) is 56.1 Å². The lowest BCUT2D eigenvalue weighted by molar-refractivity contribution is 0.0785. The maximum Gasteiger partial charge on any atom is 0.161 e. The number of rotatable bonds is 4. The van der Waals surface area contributed by atoms with Gasteiger partial charge in [0.25, 0.3) is 0 Å². The SMILES string of the molecule is Cc1cc(N2C[C@H]3CC[C@@H](C2)C3Cc2nc3n(n2)CCCO[C@H]3c2ccc(F)cc2F)cnn1. The molecule has 178 valence electrons. The molecule has 1 saturated carbocycles. The molecule has 9 heteroatoms. The molecule has 0 radical (unpaired) electrons. The highest BCUT2D eigenvalue weighted by atomic mass is 19.1. The Bertz CT molecular complexity index is 1190. The Morgan fingerprint density at radius 3 is 2.71 bits per heavy atom. The minimum atomic E-state index is -0.676. The van der Waals surface area contributed by atoms with E-state index >= 15 is 0 Å². The Labute approximate surface area is 197 Å². The summed E-state index contributed by atoms with van der Waals surface area (Å²) < 4.78 is 35.9. The first kappa shape index (κ1) is 21.6. The molecule has 2 fully saturated rings. The fourth-order valence-electron chi connectivity index (χ4n) is 6.00. The number of hydrogen-bond acceptors (Lipinski definition) is 6. The second-order valence-corrected chi connectivity index (χ2v) is 9.81. The first-order valence-corrected chi connectivity index (χ1v) is 12.1. The zero-order chi connectivity index (χ0) is 23.2. The number of piperidine rings is 1. The van der Waals surface area contributed by atoms with E-state index < -0.39 is 17.7 Å². The van der Waals surface area contributed by atoms with Crippen LogP contribution in [0.4, 0.5) is 14.5 Å². The predicted octanol–water partition coefficient (Wildman–Crippen LogP) is 3.87. The van der Waals surface area contributed by atoms with Crippen LogP contribution in [-0.2, 0) is 17.7 Å². The van der Waals surface area contributed by atoms with Crippen molar-refractivity contribution in [2.75, 3.05) is 24.6 Å². The molecule has 0 amide bonds. The number of aryl methyl sites for hydroxylation is 2. The van der Waals surface area contributed by atoms with Gasteiger partial charge >= 0.3 is 0 Å². The van der Waals surface area contributed by atoms with Crippen molar-refractivity contribution in [3.8, 4) is 0 Å².